The molecule has 5 heteroatoms. The van der Waals surface area contributed by atoms with Crippen molar-refractivity contribution in [3.05, 3.63) is 46.8 Å². The van der Waals surface area contributed by atoms with Crippen molar-refractivity contribution in [1.82, 2.24) is 14.7 Å². The van der Waals surface area contributed by atoms with Crippen LogP contribution in [0.2, 0.25) is 0 Å². The summed E-state index contributed by atoms with van der Waals surface area (Å²) in [5.74, 6) is 0.0687. The van der Waals surface area contributed by atoms with Gasteiger partial charge in [-0.2, -0.15) is 5.10 Å². The van der Waals surface area contributed by atoms with E-state index in [9.17, 15) is 4.79 Å². The molecule has 132 valence electrons. The third-order valence-electron chi connectivity index (χ3n) is 5.57. The summed E-state index contributed by atoms with van der Waals surface area (Å²) in [5, 5.41) is 4.76. The van der Waals surface area contributed by atoms with E-state index in [2.05, 4.69) is 31.2 Å². The van der Waals surface area contributed by atoms with Gasteiger partial charge < -0.3 is 10.6 Å². The average molecular weight is 338 g/mol. The van der Waals surface area contributed by atoms with E-state index in [1.807, 2.05) is 9.58 Å². The first-order valence-corrected chi connectivity index (χ1v) is 9.38. The standard InChI is InChI=1S/C20H26N4O/c1-14-8-10-15(11-9-14)24-18-7-4-6-17(18)19(22-24)20(25)23-12-3-2-5-16(23)13-21/h8-11,16H,2-7,12-13,21H2,1H3. The average Bonchev–Trinajstić information content (AvgIpc) is 3.24. The van der Waals surface area contributed by atoms with Crippen molar-refractivity contribution in [2.24, 2.45) is 5.73 Å². The molecule has 4 rings (SSSR count). The number of carbonyl (C=O) groups excluding carboxylic acids is 1. The lowest BCUT2D eigenvalue weighted by atomic mass is 10.0. The first-order valence-electron chi connectivity index (χ1n) is 9.38. The molecule has 1 aromatic carbocycles. The minimum Gasteiger partial charge on any atom is -0.333 e. The van der Waals surface area contributed by atoms with Gasteiger partial charge in [-0.15, -0.1) is 0 Å². The number of nitrogens with two attached hydrogens (primary N) is 1. The Balaban J connectivity index is 1.72. The van der Waals surface area contributed by atoms with Crippen LogP contribution in [0.3, 0.4) is 0 Å². The summed E-state index contributed by atoms with van der Waals surface area (Å²) in [5.41, 5.74) is 11.2. The maximum atomic E-state index is 13.2. The van der Waals surface area contributed by atoms with E-state index in [0.717, 1.165) is 56.3 Å². The minimum atomic E-state index is 0.0687. The highest BCUT2D eigenvalue weighted by molar-refractivity contribution is 5.94. The number of likely N-dealkylation sites (tertiary alicyclic amines) is 1. The lowest BCUT2D eigenvalue weighted by Crippen LogP contribution is -2.47. The Morgan fingerprint density at radius 2 is 2.00 bits per heavy atom. The van der Waals surface area contributed by atoms with Crippen molar-refractivity contribution >= 4 is 5.91 Å². The zero-order valence-corrected chi connectivity index (χ0v) is 14.9. The minimum absolute atomic E-state index is 0.0687. The second-order valence-corrected chi connectivity index (χ2v) is 7.26. The Morgan fingerprint density at radius 1 is 1.20 bits per heavy atom. The van der Waals surface area contributed by atoms with Gasteiger partial charge in [0, 0.05) is 30.4 Å². The fraction of sp³-hybridized carbons (Fsp3) is 0.500. The number of aromatic nitrogens is 2. The lowest BCUT2D eigenvalue weighted by molar-refractivity contribution is 0.0615. The molecule has 25 heavy (non-hydrogen) atoms. The van der Waals surface area contributed by atoms with Crippen LogP contribution >= 0.6 is 0 Å². The molecule has 0 radical (unpaired) electrons. The molecule has 1 aromatic heterocycles. The number of benzene rings is 1. The van der Waals surface area contributed by atoms with Gasteiger partial charge in [0.2, 0.25) is 0 Å². The van der Waals surface area contributed by atoms with Gasteiger partial charge in [0.1, 0.15) is 0 Å². The van der Waals surface area contributed by atoms with E-state index in [0.29, 0.717) is 12.2 Å². The quantitative estimate of drug-likeness (QED) is 0.936. The van der Waals surface area contributed by atoms with E-state index in [1.165, 1.54) is 11.3 Å². The number of rotatable bonds is 3. The van der Waals surface area contributed by atoms with E-state index in [4.69, 9.17) is 10.8 Å². The van der Waals surface area contributed by atoms with Crippen LogP contribution in [0.15, 0.2) is 24.3 Å². The normalized spacial score (nSPS) is 19.9. The van der Waals surface area contributed by atoms with Gasteiger partial charge >= 0.3 is 0 Å². The van der Waals surface area contributed by atoms with Gasteiger partial charge in [-0.25, -0.2) is 4.68 Å². The molecule has 2 aliphatic rings. The molecule has 1 aliphatic carbocycles. The van der Waals surface area contributed by atoms with Gasteiger partial charge in [-0.1, -0.05) is 17.7 Å². The predicted molar refractivity (Wildman–Crippen MR) is 98.1 cm³/mol. The Kier molecular flexibility index (Phi) is 4.34. The molecule has 2 aromatic rings. The molecule has 1 aliphatic heterocycles. The Bertz CT molecular complexity index is 778. The van der Waals surface area contributed by atoms with Crippen molar-refractivity contribution in [3.8, 4) is 5.69 Å². The second kappa shape index (κ2) is 6.64. The molecule has 1 amide bonds. The molecule has 1 saturated heterocycles. The summed E-state index contributed by atoms with van der Waals surface area (Å²) in [4.78, 5) is 15.2. The predicted octanol–water partition coefficient (Wildman–Crippen LogP) is 2.62. The molecular formula is C20H26N4O. The van der Waals surface area contributed by atoms with E-state index in [-0.39, 0.29) is 11.9 Å². The highest BCUT2D eigenvalue weighted by atomic mass is 16.2. The number of piperidine rings is 1. The van der Waals surface area contributed by atoms with Crippen LogP contribution in [0.25, 0.3) is 5.69 Å². The Morgan fingerprint density at radius 3 is 2.76 bits per heavy atom. The fourth-order valence-corrected chi connectivity index (χ4v) is 4.16. The summed E-state index contributed by atoms with van der Waals surface area (Å²) in [7, 11) is 0. The van der Waals surface area contributed by atoms with Crippen LogP contribution in [0.5, 0.6) is 0 Å². The summed E-state index contributed by atoms with van der Waals surface area (Å²) in [6.07, 6.45) is 6.25. The summed E-state index contributed by atoms with van der Waals surface area (Å²) < 4.78 is 1.98. The van der Waals surface area contributed by atoms with Crippen molar-refractivity contribution in [3.63, 3.8) is 0 Å². The van der Waals surface area contributed by atoms with Crippen LogP contribution in [-0.2, 0) is 12.8 Å². The summed E-state index contributed by atoms with van der Waals surface area (Å²) in [6.45, 7) is 3.41. The number of aryl methyl sites for hydroxylation is 1. The van der Waals surface area contributed by atoms with Gasteiger partial charge in [0.25, 0.3) is 5.91 Å². The van der Waals surface area contributed by atoms with E-state index in [1.54, 1.807) is 0 Å². The molecule has 2 heterocycles. The third-order valence-corrected chi connectivity index (χ3v) is 5.57. The smallest absolute Gasteiger partial charge is 0.274 e. The third kappa shape index (κ3) is 2.86. The zero-order chi connectivity index (χ0) is 17.4. The molecule has 0 bridgehead atoms. The van der Waals surface area contributed by atoms with Crippen molar-refractivity contribution in [2.45, 2.75) is 51.5 Å². The van der Waals surface area contributed by atoms with Gasteiger partial charge in [-0.05, 0) is 57.6 Å². The lowest BCUT2D eigenvalue weighted by Gasteiger charge is -2.34. The van der Waals surface area contributed by atoms with Gasteiger partial charge in [0.05, 0.1) is 5.69 Å². The Labute approximate surface area is 148 Å². The highest BCUT2D eigenvalue weighted by Gasteiger charge is 2.33. The van der Waals surface area contributed by atoms with Crippen LogP contribution in [0, 0.1) is 6.92 Å². The van der Waals surface area contributed by atoms with Crippen LogP contribution in [0.1, 0.15) is 53.0 Å². The first kappa shape index (κ1) is 16.3. The molecule has 0 spiro atoms. The summed E-state index contributed by atoms with van der Waals surface area (Å²) in [6, 6.07) is 8.50. The number of fused-ring (bicyclic) bond motifs is 1. The number of nitrogens with zero attached hydrogens (tertiary/aromatic N) is 3. The largest absolute Gasteiger partial charge is 0.333 e. The number of amides is 1. The van der Waals surface area contributed by atoms with Crippen LogP contribution in [-0.4, -0.2) is 39.7 Å². The zero-order valence-electron chi connectivity index (χ0n) is 14.9. The molecular weight excluding hydrogens is 312 g/mol. The second-order valence-electron chi connectivity index (χ2n) is 7.26. The highest BCUT2D eigenvalue weighted by Crippen LogP contribution is 2.30. The maximum absolute atomic E-state index is 13.2. The van der Waals surface area contributed by atoms with Crippen molar-refractivity contribution in [1.29, 1.82) is 0 Å². The van der Waals surface area contributed by atoms with Gasteiger partial charge in [0.15, 0.2) is 5.69 Å². The molecule has 1 unspecified atom stereocenters. The maximum Gasteiger partial charge on any atom is 0.274 e. The number of hydrogen-bond donors (Lipinski definition) is 1. The number of hydrogen-bond acceptors (Lipinski definition) is 3. The fourth-order valence-electron chi connectivity index (χ4n) is 4.16. The Hall–Kier alpha value is -2.14. The molecule has 0 saturated carbocycles. The monoisotopic (exact) mass is 338 g/mol. The van der Waals surface area contributed by atoms with Crippen LogP contribution in [0.4, 0.5) is 0 Å². The molecule has 1 atom stereocenters. The number of carbonyl (C=O) groups is 1. The molecule has 5 nitrogen and oxygen atoms in total. The van der Waals surface area contributed by atoms with Crippen molar-refractivity contribution in [2.75, 3.05) is 13.1 Å². The van der Waals surface area contributed by atoms with Gasteiger partial charge in [-0.3, -0.25) is 4.79 Å². The summed E-state index contributed by atoms with van der Waals surface area (Å²) >= 11 is 0. The van der Waals surface area contributed by atoms with E-state index >= 15 is 0 Å². The van der Waals surface area contributed by atoms with Crippen LogP contribution < -0.4 is 5.73 Å². The molecule has 2 N–H and O–H groups in total. The molecule has 1 fully saturated rings. The SMILES string of the molecule is Cc1ccc(-n2nc(C(=O)N3CCCCC3CN)c3c2CCC3)cc1. The van der Waals surface area contributed by atoms with E-state index < -0.39 is 0 Å². The topological polar surface area (TPSA) is 64.2 Å². The first-order chi connectivity index (χ1) is 12.2. The van der Waals surface area contributed by atoms with Crippen molar-refractivity contribution < 1.29 is 4.79 Å².